The van der Waals surface area contributed by atoms with Gasteiger partial charge in [-0.2, -0.15) is 0 Å². The van der Waals surface area contributed by atoms with Crippen molar-refractivity contribution in [2.24, 2.45) is 0 Å². The predicted molar refractivity (Wildman–Crippen MR) is 159 cm³/mol. The van der Waals surface area contributed by atoms with Crippen LogP contribution in [0.15, 0.2) is 102 Å². The Morgan fingerprint density at radius 2 is 1.49 bits per heavy atom. The summed E-state index contributed by atoms with van der Waals surface area (Å²) in [5.74, 6) is 0.116. The summed E-state index contributed by atoms with van der Waals surface area (Å²) in [4.78, 5) is 30.9. The summed E-state index contributed by atoms with van der Waals surface area (Å²) in [6.07, 6.45) is 0.394. The van der Waals surface area contributed by atoms with Crippen molar-refractivity contribution in [1.29, 1.82) is 0 Å². The first-order valence-corrected chi connectivity index (χ1v) is 15.4. The SMILES string of the molecule is CC(=O)N1c2ccc(-c3ccc(S(C)(=O)=O)cc3)cc2N(C(=O)C2Oc3ccccc3C2c2ccccc2)C[C@@H]1C. The lowest BCUT2D eigenvalue weighted by atomic mass is 9.87. The van der Waals surface area contributed by atoms with Gasteiger partial charge >= 0.3 is 0 Å². The molecule has 0 aliphatic carbocycles. The molecule has 2 heterocycles. The van der Waals surface area contributed by atoms with E-state index in [-0.39, 0.29) is 28.7 Å². The Kier molecular flexibility index (Phi) is 6.66. The van der Waals surface area contributed by atoms with Gasteiger partial charge in [-0.3, -0.25) is 9.59 Å². The van der Waals surface area contributed by atoms with Gasteiger partial charge in [0.25, 0.3) is 5.91 Å². The predicted octanol–water partition coefficient (Wildman–Crippen LogP) is 5.44. The summed E-state index contributed by atoms with van der Waals surface area (Å²) in [7, 11) is -3.33. The van der Waals surface area contributed by atoms with Crippen LogP contribution in [0.5, 0.6) is 5.75 Å². The van der Waals surface area contributed by atoms with Crippen LogP contribution in [-0.2, 0) is 19.4 Å². The maximum atomic E-state index is 14.5. The summed E-state index contributed by atoms with van der Waals surface area (Å²) in [6.45, 7) is 3.76. The molecule has 0 saturated carbocycles. The largest absolute Gasteiger partial charge is 0.479 e. The number of carbonyl (C=O) groups is 2. The number of benzene rings is 4. The smallest absolute Gasteiger partial charge is 0.269 e. The average molecular weight is 567 g/mol. The first kappa shape index (κ1) is 26.8. The van der Waals surface area contributed by atoms with Crippen molar-refractivity contribution in [3.63, 3.8) is 0 Å². The molecule has 4 aromatic carbocycles. The molecule has 2 aliphatic heterocycles. The van der Waals surface area contributed by atoms with E-state index in [4.69, 9.17) is 4.74 Å². The highest BCUT2D eigenvalue weighted by atomic mass is 32.2. The number of fused-ring (bicyclic) bond motifs is 2. The zero-order chi connectivity index (χ0) is 28.9. The van der Waals surface area contributed by atoms with Crippen molar-refractivity contribution in [2.75, 3.05) is 22.6 Å². The van der Waals surface area contributed by atoms with Gasteiger partial charge in [-0.25, -0.2) is 8.42 Å². The normalized spacial score (nSPS) is 19.7. The van der Waals surface area contributed by atoms with Gasteiger partial charge in [-0.1, -0.05) is 66.7 Å². The maximum Gasteiger partial charge on any atom is 0.269 e. The van der Waals surface area contributed by atoms with Gasteiger partial charge in [0.05, 0.1) is 28.2 Å². The monoisotopic (exact) mass is 566 g/mol. The van der Waals surface area contributed by atoms with Crippen LogP contribution in [-0.4, -0.2) is 45.2 Å². The second-order valence-electron chi connectivity index (χ2n) is 10.7. The molecule has 2 amide bonds. The van der Waals surface area contributed by atoms with E-state index in [1.807, 2.05) is 79.7 Å². The van der Waals surface area contributed by atoms with Crippen molar-refractivity contribution in [1.82, 2.24) is 0 Å². The van der Waals surface area contributed by atoms with E-state index >= 15 is 0 Å². The van der Waals surface area contributed by atoms with Crippen molar-refractivity contribution >= 4 is 33.0 Å². The van der Waals surface area contributed by atoms with Crippen molar-refractivity contribution in [3.8, 4) is 16.9 Å². The Morgan fingerprint density at radius 1 is 0.829 bits per heavy atom. The van der Waals surface area contributed by atoms with Crippen molar-refractivity contribution < 1.29 is 22.7 Å². The molecule has 6 rings (SSSR count). The molecule has 0 saturated heterocycles. The average Bonchev–Trinajstić information content (AvgIpc) is 3.35. The molecule has 41 heavy (non-hydrogen) atoms. The summed E-state index contributed by atoms with van der Waals surface area (Å²) >= 11 is 0. The molecule has 0 spiro atoms. The van der Waals surface area contributed by atoms with E-state index in [1.54, 1.807) is 34.1 Å². The Labute approximate surface area is 239 Å². The van der Waals surface area contributed by atoms with Gasteiger partial charge in [-0.05, 0) is 53.9 Å². The molecule has 0 radical (unpaired) electrons. The minimum absolute atomic E-state index is 0.109. The Hall–Kier alpha value is -4.43. The number of rotatable bonds is 4. The third kappa shape index (κ3) is 4.78. The zero-order valence-electron chi connectivity index (χ0n) is 23.0. The molecule has 8 heteroatoms. The van der Waals surface area contributed by atoms with E-state index in [0.29, 0.717) is 23.7 Å². The number of hydrogen-bond acceptors (Lipinski definition) is 5. The van der Waals surface area contributed by atoms with Crippen LogP contribution in [0, 0.1) is 0 Å². The third-order valence-electron chi connectivity index (χ3n) is 7.85. The first-order chi connectivity index (χ1) is 19.6. The Balaban J connectivity index is 1.44. The van der Waals surface area contributed by atoms with E-state index in [2.05, 4.69) is 0 Å². The van der Waals surface area contributed by atoms with Crippen LogP contribution >= 0.6 is 0 Å². The minimum Gasteiger partial charge on any atom is -0.479 e. The van der Waals surface area contributed by atoms with Crippen LogP contribution in [0.4, 0.5) is 11.4 Å². The lowest BCUT2D eigenvalue weighted by Gasteiger charge is -2.42. The number of ether oxygens (including phenoxy) is 1. The van der Waals surface area contributed by atoms with E-state index < -0.39 is 15.9 Å². The summed E-state index contributed by atoms with van der Waals surface area (Å²) in [5, 5.41) is 0. The summed E-state index contributed by atoms with van der Waals surface area (Å²) in [6, 6.07) is 29.7. The third-order valence-corrected chi connectivity index (χ3v) is 8.98. The Morgan fingerprint density at radius 3 is 2.17 bits per heavy atom. The Bertz CT molecular complexity index is 1750. The van der Waals surface area contributed by atoms with Gasteiger partial charge in [0.15, 0.2) is 15.9 Å². The molecule has 208 valence electrons. The lowest BCUT2D eigenvalue weighted by Crippen LogP contribution is -2.54. The molecule has 2 unspecified atom stereocenters. The van der Waals surface area contributed by atoms with Crippen LogP contribution in [0.25, 0.3) is 11.1 Å². The number of amides is 2. The molecule has 0 N–H and O–H groups in total. The zero-order valence-corrected chi connectivity index (χ0v) is 23.8. The number of hydrogen-bond donors (Lipinski definition) is 0. The molecule has 7 nitrogen and oxygen atoms in total. The summed E-state index contributed by atoms with van der Waals surface area (Å²) in [5.41, 5.74) is 4.81. The maximum absolute atomic E-state index is 14.5. The summed E-state index contributed by atoms with van der Waals surface area (Å²) < 4.78 is 30.3. The highest BCUT2D eigenvalue weighted by Crippen LogP contribution is 2.45. The second kappa shape index (κ2) is 10.2. The number of carbonyl (C=O) groups excluding carboxylic acids is 2. The quantitative estimate of drug-likeness (QED) is 0.329. The van der Waals surface area contributed by atoms with Gasteiger partial charge in [0, 0.05) is 25.3 Å². The lowest BCUT2D eigenvalue weighted by molar-refractivity contribution is -0.125. The van der Waals surface area contributed by atoms with E-state index in [9.17, 15) is 18.0 Å². The van der Waals surface area contributed by atoms with Crippen LogP contribution in [0.1, 0.15) is 30.9 Å². The molecule has 0 fully saturated rings. The second-order valence-corrected chi connectivity index (χ2v) is 12.7. The van der Waals surface area contributed by atoms with E-state index in [0.717, 1.165) is 22.3 Å². The topological polar surface area (TPSA) is 84.0 Å². The standard InChI is InChI=1S/C33H30N2O5S/c1-21-20-34(33(37)32-31(24-9-5-4-6-10-24)27-11-7-8-12-30(27)40-32)29-19-25(15-18-28(29)35(21)22(2)36)23-13-16-26(17-14-23)41(3,38)39/h4-19,21,31-32H,20H2,1-3H3/t21-,31?,32?/m0/s1. The van der Waals surface area contributed by atoms with Crippen LogP contribution in [0.3, 0.4) is 0 Å². The molecule has 2 aliphatic rings. The minimum atomic E-state index is -3.33. The first-order valence-electron chi connectivity index (χ1n) is 13.5. The fourth-order valence-electron chi connectivity index (χ4n) is 5.96. The molecular formula is C33H30N2O5S. The van der Waals surface area contributed by atoms with Gasteiger partial charge in [0.2, 0.25) is 5.91 Å². The highest BCUT2D eigenvalue weighted by Gasteiger charge is 2.45. The van der Waals surface area contributed by atoms with Crippen LogP contribution < -0.4 is 14.5 Å². The molecule has 4 aromatic rings. The van der Waals surface area contributed by atoms with Gasteiger partial charge in [-0.15, -0.1) is 0 Å². The highest BCUT2D eigenvalue weighted by molar-refractivity contribution is 7.90. The number of nitrogens with zero attached hydrogens (tertiary/aromatic N) is 2. The van der Waals surface area contributed by atoms with E-state index in [1.165, 1.54) is 13.2 Å². The van der Waals surface area contributed by atoms with Crippen LogP contribution in [0.2, 0.25) is 0 Å². The number of anilines is 2. The van der Waals surface area contributed by atoms with Gasteiger partial charge in [0.1, 0.15) is 5.75 Å². The molecule has 0 aromatic heterocycles. The number of para-hydroxylation sites is 1. The van der Waals surface area contributed by atoms with Crippen molar-refractivity contribution in [2.45, 2.75) is 36.8 Å². The molecule has 3 atom stereocenters. The fourth-order valence-corrected chi connectivity index (χ4v) is 6.59. The van der Waals surface area contributed by atoms with Gasteiger partial charge < -0.3 is 14.5 Å². The number of sulfone groups is 1. The van der Waals surface area contributed by atoms with Crippen molar-refractivity contribution in [3.05, 3.63) is 108 Å². The molecule has 0 bridgehead atoms. The molecular weight excluding hydrogens is 536 g/mol. The fraction of sp³-hybridized carbons (Fsp3) is 0.212.